The molecule has 2 bridgehead atoms. The first kappa shape index (κ1) is 21.7. The molecule has 2 saturated heterocycles. The summed E-state index contributed by atoms with van der Waals surface area (Å²) in [4.78, 5) is 25.1. The third-order valence-electron chi connectivity index (χ3n) is 5.91. The van der Waals surface area contributed by atoms with Gasteiger partial charge >= 0.3 is 18.4 Å². The molecule has 0 aliphatic carbocycles. The number of hydrogen-bond donors (Lipinski definition) is 2. The number of rotatable bonds is 2. The van der Waals surface area contributed by atoms with Crippen molar-refractivity contribution in [1.29, 1.82) is 0 Å². The number of carbonyl (C=O) groups is 1. The molecule has 5 heterocycles. The zero-order valence-corrected chi connectivity index (χ0v) is 16.7. The Kier molecular flexibility index (Phi) is 4.88. The number of pyridine rings is 1. The number of fused-ring (bicyclic) bond motifs is 3. The van der Waals surface area contributed by atoms with E-state index in [1.807, 2.05) is 5.32 Å². The van der Waals surface area contributed by atoms with Crippen LogP contribution in [0.4, 0.5) is 42.8 Å². The van der Waals surface area contributed by atoms with E-state index in [0.29, 0.717) is 19.2 Å². The predicted molar refractivity (Wildman–Crippen MR) is 101 cm³/mol. The third-order valence-corrected chi connectivity index (χ3v) is 5.91. The van der Waals surface area contributed by atoms with E-state index < -0.39 is 52.9 Å². The molecule has 0 radical (unpaired) electrons. The number of hydrogen-bond acceptors (Lipinski definition) is 7. The smallest absolute Gasteiger partial charge is 0.430 e. The van der Waals surface area contributed by atoms with Crippen molar-refractivity contribution >= 4 is 17.7 Å². The average Bonchev–Trinajstić information content (AvgIpc) is 2.99. The molecule has 176 valence electrons. The lowest BCUT2D eigenvalue weighted by Crippen LogP contribution is -2.52. The molecule has 0 saturated carbocycles. The Balaban J connectivity index is 1.69. The van der Waals surface area contributed by atoms with Crippen LogP contribution in [0.5, 0.6) is 0 Å². The highest BCUT2D eigenvalue weighted by atomic mass is 19.4. The van der Waals surface area contributed by atoms with Crippen LogP contribution in [0.15, 0.2) is 18.5 Å². The molecule has 5 rings (SSSR count). The molecule has 2 aromatic rings. The SMILES string of the molecule is O=C1Nc2ncnc(-c3cc(C(F)(F)F)cc(N4C5CCC4CNC5)n3)c2[C@@H](C(F)(F)F)O1. The van der Waals surface area contributed by atoms with Gasteiger partial charge < -0.3 is 15.0 Å². The molecular weight excluding hydrogens is 458 g/mol. The van der Waals surface area contributed by atoms with Crippen LogP contribution in [0.2, 0.25) is 0 Å². The fourth-order valence-corrected chi connectivity index (χ4v) is 4.56. The molecule has 3 aliphatic rings. The van der Waals surface area contributed by atoms with Gasteiger partial charge in [0.15, 0.2) is 0 Å². The molecule has 33 heavy (non-hydrogen) atoms. The van der Waals surface area contributed by atoms with Gasteiger partial charge in [0.25, 0.3) is 0 Å². The minimum absolute atomic E-state index is 0.00510. The van der Waals surface area contributed by atoms with Crippen LogP contribution in [0.3, 0.4) is 0 Å². The number of alkyl halides is 6. The van der Waals surface area contributed by atoms with Crippen LogP contribution in [0.25, 0.3) is 11.4 Å². The standard InChI is InChI=1S/C19H16F6N6O2/c20-18(21,22)8-3-11(29-12(4-8)31-9-1-2-10(31)6-26-5-9)14-13-15(19(23,24)25)33-17(32)30-16(13)28-7-27-14/h3-4,7,9-10,15,26H,1-2,5-6H2,(H,27,28,30,32)/t9?,10?,15-/m0/s1. The number of carbonyl (C=O) groups excluding carboxylic acids is 1. The summed E-state index contributed by atoms with van der Waals surface area (Å²) >= 11 is 0. The lowest BCUT2D eigenvalue weighted by atomic mass is 10.0. The molecule has 8 nitrogen and oxygen atoms in total. The van der Waals surface area contributed by atoms with Crippen LogP contribution in [-0.4, -0.2) is 52.4 Å². The fourth-order valence-electron chi connectivity index (χ4n) is 4.56. The highest BCUT2D eigenvalue weighted by Crippen LogP contribution is 2.45. The van der Waals surface area contributed by atoms with Crippen molar-refractivity contribution in [1.82, 2.24) is 20.3 Å². The number of cyclic esters (lactones) is 1. The molecule has 2 fully saturated rings. The quantitative estimate of drug-likeness (QED) is 0.642. The summed E-state index contributed by atoms with van der Waals surface area (Å²) in [5.74, 6) is -0.493. The maximum atomic E-state index is 13.7. The molecule has 14 heteroatoms. The van der Waals surface area contributed by atoms with E-state index in [2.05, 4.69) is 25.0 Å². The summed E-state index contributed by atoms with van der Waals surface area (Å²) in [6.45, 7) is 1.12. The Hall–Kier alpha value is -3.16. The summed E-state index contributed by atoms with van der Waals surface area (Å²) in [6, 6.07) is 1.36. The van der Waals surface area contributed by atoms with Crippen LogP contribution in [-0.2, 0) is 10.9 Å². The van der Waals surface area contributed by atoms with Gasteiger partial charge in [0.2, 0.25) is 6.10 Å². The first-order valence-electron chi connectivity index (χ1n) is 10.0. The van der Waals surface area contributed by atoms with Crippen molar-refractivity contribution in [3.63, 3.8) is 0 Å². The number of anilines is 2. The molecule has 3 aliphatic heterocycles. The topological polar surface area (TPSA) is 92.3 Å². The van der Waals surface area contributed by atoms with Crippen LogP contribution < -0.4 is 15.5 Å². The minimum Gasteiger partial charge on any atom is -0.431 e. The van der Waals surface area contributed by atoms with Crippen molar-refractivity contribution < 1.29 is 35.9 Å². The lowest BCUT2D eigenvalue weighted by molar-refractivity contribution is -0.206. The highest BCUT2D eigenvalue weighted by Gasteiger charge is 2.50. The van der Waals surface area contributed by atoms with Crippen LogP contribution in [0, 0.1) is 0 Å². The Labute approximate surface area is 182 Å². The minimum atomic E-state index is -5.05. The summed E-state index contributed by atoms with van der Waals surface area (Å²) in [5.41, 5.74) is -2.70. The van der Waals surface area contributed by atoms with Gasteiger partial charge in [-0.3, -0.25) is 5.32 Å². The second-order valence-electron chi connectivity index (χ2n) is 7.98. The van der Waals surface area contributed by atoms with E-state index in [1.165, 1.54) is 0 Å². The van der Waals surface area contributed by atoms with Gasteiger partial charge in [-0.25, -0.2) is 19.7 Å². The van der Waals surface area contributed by atoms with Crippen molar-refractivity contribution in [2.45, 2.75) is 43.4 Å². The maximum Gasteiger partial charge on any atom is 0.430 e. The number of nitrogens with zero attached hydrogens (tertiary/aromatic N) is 4. The first-order chi connectivity index (χ1) is 15.5. The summed E-state index contributed by atoms with van der Waals surface area (Å²) in [6.07, 6.45) is -11.6. The summed E-state index contributed by atoms with van der Waals surface area (Å²) in [7, 11) is 0. The van der Waals surface area contributed by atoms with Crippen molar-refractivity contribution in [2.75, 3.05) is 23.3 Å². The van der Waals surface area contributed by atoms with E-state index >= 15 is 0 Å². The Bertz CT molecular complexity index is 1090. The second kappa shape index (κ2) is 7.43. The monoisotopic (exact) mass is 474 g/mol. The highest BCUT2D eigenvalue weighted by molar-refractivity contribution is 5.88. The molecule has 1 amide bonds. The number of aromatic nitrogens is 3. The molecular formula is C19H16F6N6O2. The number of halogens is 6. The van der Waals surface area contributed by atoms with Gasteiger partial charge in [0.1, 0.15) is 23.7 Å². The number of piperazine rings is 1. The normalized spacial score (nSPS) is 24.8. The Morgan fingerprint density at radius 1 is 1.03 bits per heavy atom. The first-order valence-corrected chi connectivity index (χ1v) is 10.0. The van der Waals surface area contributed by atoms with Gasteiger partial charge in [-0.2, -0.15) is 26.3 Å². The van der Waals surface area contributed by atoms with Gasteiger partial charge in [0, 0.05) is 25.2 Å². The molecule has 2 aromatic heterocycles. The largest absolute Gasteiger partial charge is 0.431 e. The molecule has 2 N–H and O–H groups in total. The van der Waals surface area contributed by atoms with E-state index in [4.69, 9.17) is 0 Å². The molecule has 3 atom stereocenters. The number of amides is 1. The number of ether oxygens (including phenoxy) is 1. The lowest BCUT2D eigenvalue weighted by Gasteiger charge is -2.36. The van der Waals surface area contributed by atoms with Gasteiger partial charge in [-0.05, 0) is 25.0 Å². The molecule has 0 aromatic carbocycles. The Morgan fingerprint density at radius 2 is 1.73 bits per heavy atom. The van der Waals surface area contributed by atoms with Crippen molar-refractivity contribution in [3.05, 3.63) is 29.6 Å². The summed E-state index contributed by atoms with van der Waals surface area (Å²) in [5, 5.41) is 5.25. The average molecular weight is 474 g/mol. The van der Waals surface area contributed by atoms with E-state index in [1.54, 1.807) is 4.90 Å². The summed E-state index contributed by atoms with van der Waals surface area (Å²) < 4.78 is 86.6. The predicted octanol–water partition coefficient (Wildman–Crippen LogP) is 3.66. The Morgan fingerprint density at radius 3 is 2.36 bits per heavy atom. The van der Waals surface area contributed by atoms with E-state index in [0.717, 1.165) is 25.2 Å². The van der Waals surface area contributed by atoms with Gasteiger partial charge in [-0.15, -0.1) is 0 Å². The maximum absolute atomic E-state index is 13.7. The van der Waals surface area contributed by atoms with E-state index in [9.17, 15) is 31.1 Å². The van der Waals surface area contributed by atoms with Crippen molar-refractivity contribution in [3.8, 4) is 11.4 Å². The molecule has 0 spiro atoms. The van der Waals surface area contributed by atoms with Crippen molar-refractivity contribution in [2.24, 2.45) is 0 Å². The number of nitrogens with one attached hydrogen (secondary N) is 2. The van der Waals surface area contributed by atoms with E-state index in [-0.39, 0.29) is 17.9 Å². The molecule has 2 unspecified atom stereocenters. The van der Waals surface area contributed by atoms with Gasteiger partial charge in [0.05, 0.1) is 16.8 Å². The third kappa shape index (κ3) is 3.81. The zero-order valence-electron chi connectivity index (χ0n) is 16.7. The zero-order chi connectivity index (χ0) is 23.5. The van der Waals surface area contributed by atoms with Crippen LogP contribution >= 0.6 is 0 Å². The van der Waals surface area contributed by atoms with Crippen LogP contribution in [0.1, 0.15) is 30.1 Å². The second-order valence-corrected chi connectivity index (χ2v) is 7.98. The fraction of sp³-hybridized carbons (Fsp3) is 0.474. The van der Waals surface area contributed by atoms with Gasteiger partial charge in [-0.1, -0.05) is 0 Å².